The van der Waals surface area contributed by atoms with Crippen molar-refractivity contribution in [1.82, 2.24) is 9.13 Å². The van der Waals surface area contributed by atoms with Gasteiger partial charge in [0.25, 0.3) is 0 Å². The highest BCUT2D eigenvalue weighted by atomic mass is 16.3. The van der Waals surface area contributed by atoms with Gasteiger partial charge in [-0.15, -0.1) is 0 Å². The molecule has 4 nitrogen and oxygen atoms in total. The molecule has 0 N–H and O–H groups in total. The average molecular weight is 603 g/mol. The molecule has 0 saturated carbocycles. The Labute approximate surface area is 268 Å². The normalized spacial score (nSPS) is 11.9. The number of nitrogens with zero attached hydrogens (tertiary/aromatic N) is 2. The summed E-state index contributed by atoms with van der Waals surface area (Å²) in [5, 5.41) is 5.90. The first kappa shape index (κ1) is 25.9. The van der Waals surface area contributed by atoms with Crippen LogP contribution in [0, 0.1) is 0 Å². The summed E-state index contributed by atoms with van der Waals surface area (Å²) >= 11 is 0. The third kappa shape index (κ3) is 3.79. The monoisotopic (exact) mass is 602 g/mol. The van der Waals surface area contributed by atoms with Crippen LogP contribution in [0.4, 0.5) is 0 Å². The van der Waals surface area contributed by atoms with Gasteiger partial charge in [0, 0.05) is 32.9 Å². The van der Waals surface area contributed by atoms with Crippen LogP contribution in [-0.2, 0) is 0 Å². The second-order valence-electron chi connectivity index (χ2n) is 12.1. The molecular weight excluding hydrogens is 576 g/mol. The molecule has 0 aliphatic carbocycles. The molecular formula is C43H26N2O2. The van der Waals surface area contributed by atoms with Gasteiger partial charge < -0.3 is 13.6 Å². The van der Waals surface area contributed by atoms with Gasteiger partial charge in [0.1, 0.15) is 11.2 Å². The van der Waals surface area contributed by atoms with Crippen molar-refractivity contribution >= 4 is 65.6 Å². The van der Waals surface area contributed by atoms with E-state index in [0.29, 0.717) is 21.9 Å². The number of aromatic nitrogens is 2. The molecule has 7 aromatic carbocycles. The molecule has 0 spiro atoms. The van der Waals surface area contributed by atoms with Crippen LogP contribution in [0.1, 0.15) is 0 Å². The minimum Gasteiger partial charge on any atom is -0.456 e. The standard InChI is InChI=1S/C43H26N2O2/c46-43-35-23-28(27-11-3-1-4-12-27)19-21-41(35)47-42-22-20-30(24-36(42)43)45-38-18-10-8-16-32(38)34-25-33-31-15-7-9-17-37(31)44(39(33)26-40(34)45)29-13-5-2-6-14-29/h1-26H. The van der Waals surface area contributed by atoms with E-state index in [2.05, 4.69) is 118 Å². The maximum atomic E-state index is 14.1. The molecule has 3 aromatic heterocycles. The van der Waals surface area contributed by atoms with E-state index in [0.717, 1.165) is 39.1 Å². The van der Waals surface area contributed by atoms with Crippen molar-refractivity contribution in [2.24, 2.45) is 0 Å². The predicted octanol–water partition coefficient (Wildman–Crippen LogP) is 10.8. The minimum absolute atomic E-state index is 0.0340. The van der Waals surface area contributed by atoms with Gasteiger partial charge in [-0.1, -0.05) is 91.0 Å². The van der Waals surface area contributed by atoms with Crippen LogP contribution in [0.3, 0.4) is 0 Å². The average Bonchev–Trinajstić information content (AvgIpc) is 3.63. The zero-order chi connectivity index (χ0) is 31.1. The number of fused-ring (bicyclic) bond motifs is 8. The first-order valence-corrected chi connectivity index (χ1v) is 15.8. The Morgan fingerprint density at radius 1 is 0.362 bits per heavy atom. The lowest BCUT2D eigenvalue weighted by Gasteiger charge is -2.11. The SMILES string of the molecule is O=c1c2cc(-c3ccccc3)ccc2oc2ccc(-n3c4ccccc4c4cc5c6ccccc6n(-c6ccccc6)c5cc43)cc12. The lowest BCUT2D eigenvalue weighted by molar-refractivity contribution is 0.660. The lowest BCUT2D eigenvalue weighted by atomic mass is 10.0. The molecule has 0 aliphatic heterocycles. The zero-order valence-corrected chi connectivity index (χ0v) is 25.2. The Morgan fingerprint density at radius 2 is 0.915 bits per heavy atom. The zero-order valence-electron chi connectivity index (χ0n) is 25.2. The highest BCUT2D eigenvalue weighted by Gasteiger charge is 2.19. The van der Waals surface area contributed by atoms with Crippen molar-refractivity contribution in [3.8, 4) is 22.5 Å². The van der Waals surface area contributed by atoms with Crippen molar-refractivity contribution in [1.29, 1.82) is 0 Å². The highest BCUT2D eigenvalue weighted by molar-refractivity contribution is 6.19. The summed E-state index contributed by atoms with van der Waals surface area (Å²) in [7, 11) is 0. The molecule has 220 valence electrons. The van der Waals surface area contributed by atoms with E-state index in [1.807, 2.05) is 48.5 Å². The first-order valence-electron chi connectivity index (χ1n) is 15.8. The van der Waals surface area contributed by atoms with Gasteiger partial charge in [0.05, 0.1) is 32.8 Å². The molecule has 10 rings (SSSR count). The van der Waals surface area contributed by atoms with Crippen LogP contribution >= 0.6 is 0 Å². The number of hydrogen-bond acceptors (Lipinski definition) is 2. The smallest absolute Gasteiger partial charge is 0.200 e. The fourth-order valence-electron chi connectivity index (χ4n) is 7.36. The van der Waals surface area contributed by atoms with Crippen LogP contribution in [0.25, 0.3) is 88.1 Å². The summed E-state index contributed by atoms with van der Waals surface area (Å²) in [6, 6.07) is 54.2. The van der Waals surface area contributed by atoms with Crippen LogP contribution in [0.15, 0.2) is 167 Å². The summed E-state index contributed by atoms with van der Waals surface area (Å²) < 4.78 is 10.9. The predicted molar refractivity (Wildman–Crippen MR) is 194 cm³/mol. The summed E-state index contributed by atoms with van der Waals surface area (Å²) in [6.07, 6.45) is 0. The molecule has 0 aliphatic rings. The first-order chi connectivity index (χ1) is 23.2. The summed E-state index contributed by atoms with van der Waals surface area (Å²) in [6.45, 7) is 0. The van der Waals surface area contributed by atoms with Crippen LogP contribution in [0.2, 0.25) is 0 Å². The molecule has 0 radical (unpaired) electrons. The van der Waals surface area contributed by atoms with Crippen LogP contribution < -0.4 is 5.43 Å². The largest absolute Gasteiger partial charge is 0.456 e. The molecule has 47 heavy (non-hydrogen) atoms. The summed E-state index contributed by atoms with van der Waals surface area (Å²) in [5.74, 6) is 0. The van der Waals surface area contributed by atoms with Crippen LogP contribution in [0.5, 0.6) is 0 Å². The van der Waals surface area contributed by atoms with Gasteiger partial charge in [-0.05, 0) is 77.9 Å². The second kappa shape index (κ2) is 9.80. The Bertz CT molecular complexity index is 2910. The van der Waals surface area contributed by atoms with Crippen molar-refractivity contribution < 1.29 is 4.42 Å². The number of rotatable bonds is 3. The molecule has 4 heteroatoms. The Morgan fingerprint density at radius 3 is 1.60 bits per heavy atom. The van der Waals surface area contributed by atoms with Gasteiger partial charge >= 0.3 is 0 Å². The van der Waals surface area contributed by atoms with E-state index < -0.39 is 0 Å². The Hall–Kier alpha value is -6.39. The molecule has 0 fully saturated rings. The van der Waals surface area contributed by atoms with Crippen molar-refractivity contribution in [2.75, 3.05) is 0 Å². The molecule has 0 atom stereocenters. The molecule has 0 bridgehead atoms. The minimum atomic E-state index is -0.0340. The van der Waals surface area contributed by atoms with Crippen molar-refractivity contribution in [3.63, 3.8) is 0 Å². The molecule has 3 heterocycles. The maximum Gasteiger partial charge on any atom is 0.200 e. The highest BCUT2D eigenvalue weighted by Crippen LogP contribution is 2.40. The Balaban J connectivity index is 1.27. The van der Waals surface area contributed by atoms with Gasteiger partial charge in [-0.25, -0.2) is 0 Å². The fraction of sp³-hybridized carbons (Fsp3) is 0. The third-order valence-corrected chi connectivity index (χ3v) is 9.50. The molecule has 0 amide bonds. The van der Waals surface area contributed by atoms with Crippen LogP contribution in [-0.4, -0.2) is 9.13 Å². The van der Waals surface area contributed by atoms with E-state index in [1.54, 1.807) is 0 Å². The lowest BCUT2D eigenvalue weighted by Crippen LogP contribution is -2.04. The van der Waals surface area contributed by atoms with E-state index in [1.165, 1.54) is 27.1 Å². The van der Waals surface area contributed by atoms with Gasteiger partial charge in [-0.2, -0.15) is 0 Å². The fourth-order valence-corrected chi connectivity index (χ4v) is 7.36. The quantitative estimate of drug-likeness (QED) is 0.189. The van der Waals surface area contributed by atoms with Crippen molar-refractivity contribution in [2.45, 2.75) is 0 Å². The van der Waals surface area contributed by atoms with Gasteiger partial charge in [0.2, 0.25) is 5.43 Å². The summed E-state index contributed by atoms with van der Waals surface area (Å²) in [5.41, 5.74) is 9.67. The van der Waals surface area contributed by atoms with Crippen molar-refractivity contribution in [3.05, 3.63) is 168 Å². The van der Waals surface area contributed by atoms with E-state index in [9.17, 15) is 4.79 Å². The molecule has 10 aromatic rings. The Kier molecular flexibility index (Phi) is 5.40. The van der Waals surface area contributed by atoms with E-state index in [4.69, 9.17) is 4.42 Å². The third-order valence-electron chi connectivity index (χ3n) is 9.50. The number of para-hydroxylation sites is 3. The number of benzene rings is 7. The molecule has 0 saturated heterocycles. The molecule has 0 unspecified atom stereocenters. The van der Waals surface area contributed by atoms with E-state index >= 15 is 0 Å². The topological polar surface area (TPSA) is 40.1 Å². The second-order valence-corrected chi connectivity index (χ2v) is 12.1. The summed E-state index contributed by atoms with van der Waals surface area (Å²) in [4.78, 5) is 14.1. The van der Waals surface area contributed by atoms with Gasteiger partial charge in [0.15, 0.2) is 0 Å². The number of hydrogen-bond donors (Lipinski definition) is 0. The van der Waals surface area contributed by atoms with Gasteiger partial charge in [-0.3, -0.25) is 4.79 Å². The maximum absolute atomic E-state index is 14.1. The van der Waals surface area contributed by atoms with E-state index in [-0.39, 0.29) is 5.43 Å².